The van der Waals surface area contributed by atoms with E-state index in [2.05, 4.69) is 5.32 Å². The monoisotopic (exact) mass is 239 g/mol. The quantitative estimate of drug-likeness (QED) is 0.650. The molecular weight excluding hydrogens is 222 g/mol. The molecule has 0 spiro atoms. The number of hydrogen-bond acceptors (Lipinski definition) is 4. The van der Waals surface area contributed by atoms with E-state index >= 15 is 0 Å². The number of carboxylic acids is 1. The minimum Gasteiger partial charge on any atom is -0.491 e. The molecule has 1 unspecified atom stereocenters. The van der Waals surface area contributed by atoms with E-state index in [4.69, 9.17) is 14.9 Å². The Morgan fingerprint density at radius 2 is 2.06 bits per heavy atom. The Labute approximate surface area is 100 Å². The van der Waals surface area contributed by atoms with E-state index < -0.39 is 12.0 Å². The van der Waals surface area contributed by atoms with Crippen LogP contribution in [0, 0.1) is 0 Å². The first-order valence-corrected chi connectivity index (χ1v) is 5.42. The minimum absolute atomic E-state index is 0.0145. The van der Waals surface area contributed by atoms with E-state index in [0.29, 0.717) is 12.3 Å². The third kappa shape index (κ3) is 4.84. The summed E-state index contributed by atoms with van der Waals surface area (Å²) in [6, 6.07) is 6.72. The Morgan fingerprint density at radius 3 is 2.59 bits per heavy atom. The van der Waals surface area contributed by atoms with Crippen LogP contribution in [0.15, 0.2) is 24.3 Å². The normalized spacial score (nSPS) is 12.1. The van der Waals surface area contributed by atoms with Gasteiger partial charge in [0.1, 0.15) is 18.4 Å². The number of nitrogens with one attached hydrogen (secondary N) is 1. The zero-order valence-corrected chi connectivity index (χ0v) is 9.72. The highest BCUT2D eigenvalue weighted by atomic mass is 16.5. The Morgan fingerprint density at radius 1 is 1.41 bits per heavy atom. The summed E-state index contributed by atoms with van der Waals surface area (Å²) in [6.07, 6.45) is 0. The molecule has 5 nitrogen and oxygen atoms in total. The second-order valence-corrected chi connectivity index (χ2v) is 3.66. The highest BCUT2D eigenvalue weighted by Crippen LogP contribution is 2.11. The number of rotatable bonds is 7. The Bertz CT molecular complexity index is 350. The van der Waals surface area contributed by atoms with Gasteiger partial charge in [0, 0.05) is 6.54 Å². The van der Waals surface area contributed by atoms with Crippen LogP contribution in [0.5, 0.6) is 5.75 Å². The summed E-state index contributed by atoms with van der Waals surface area (Å²) >= 11 is 0. The van der Waals surface area contributed by atoms with E-state index in [1.165, 1.54) is 0 Å². The molecule has 0 saturated carbocycles. The maximum absolute atomic E-state index is 10.6. The van der Waals surface area contributed by atoms with Gasteiger partial charge in [-0.1, -0.05) is 12.1 Å². The lowest BCUT2D eigenvalue weighted by Crippen LogP contribution is -2.33. The van der Waals surface area contributed by atoms with Crippen LogP contribution in [-0.2, 0) is 11.3 Å². The lowest BCUT2D eigenvalue weighted by molar-refractivity contribution is -0.139. The SMILES string of the molecule is CC(NCc1ccc(OCCO)cc1)C(=O)O. The second-order valence-electron chi connectivity index (χ2n) is 3.66. The molecule has 0 radical (unpaired) electrons. The molecule has 94 valence electrons. The predicted molar refractivity (Wildman–Crippen MR) is 63.0 cm³/mol. The van der Waals surface area contributed by atoms with E-state index in [0.717, 1.165) is 5.56 Å². The summed E-state index contributed by atoms with van der Waals surface area (Å²) in [7, 11) is 0. The Balaban J connectivity index is 2.42. The fourth-order valence-electron chi connectivity index (χ4n) is 1.23. The van der Waals surface area contributed by atoms with Crippen molar-refractivity contribution in [2.24, 2.45) is 0 Å². The number of hydrogen-bond donors (Lipinski definition) is 3. The van der Waals surface area contributed by atoms with Crippen LogP contribution >= 0.6 is 0 Å². The van der Waals surface area contributed by atoms with Gasteiger partial charge in [-0.05, 0) is 24.6 Å². The summed E-state index contributed by atoms with van der Waals surface area (Å²) in [4.78, 5) is 10.6. The Kier molecular flexibility index (Phi) is 5.45. The maximum atomic E-state index is 10.6. The van der Waals surface area contributed by atoms with Crippen LogP contribution in [0.25, 0.3) is 0 Å². The fourth-order valence-corrected chi connectivity index (χ4v) is 1.23. The van der Waals surface area contributed by atoms with Gasteiger partial charge in [0.25, 0.3) is 0 Å². The lowest BCUT2D eigenvalue weighted by Gasteiger charge is -2.09. The summed E-state index contributed by atoms with van der Waals surface area (Å²) in [5.41, 5.74) is 0.981. The average molecular weight is 239 g/mol. The Hall–Kier alpha value is -1.59. The molecule has 17 heavy (non-hydrogen) atoms. The highest BCUT2D eigenvalue weighted by molar-refractivity contribution is 5.72. The van der Waals surface area contributed by atoms with Gasteiger partial charge in [-0.15, -0.1) is 0 Å². The van der Waals surface area contributed by atoms with Gasteiger partial charge in [-0.25, -0.2) is 0 Å². The van der Waals surface area contributed by atoms with Crippen molar-refractivity contribution in [2.45, 2.75) is 19.5 Å². The van der Waals surface area contributed by atoms with Crippen molar-refractivity contribution < 1.29 is 19.7 Å². The van der Waals surface area contributed by atoms with Crippen molar-refractivity contribution >= 4 is 5.97 Å². The van der Waals surface area contributed by atoms with E-state index in [1.807, 2.05) is 12.1 Å². The van der Waals surface area contributed by atoms with Crippen molar-refractivity contribution in [3.63, 3.8) is 0 Å². The molecule has 3 N–H and O–H groups in total. The highest BCUT2D eigenvalue weighted by Gasteiger charge is 2.08. The summed E-state index contributed by atoms with van der Waals surface area (Å²) in [5.74, 6) is -0.179. The molecule has 0 aliphatic rings. The molecule has 1 aromatic carbocycles. The standard InChI is InChI=1S/C12H17NO4/c1-9(12(15)16)13-8-10-2-4-11(5-3-10)17-7-6-14/h2-5,9,13-14H,6-8H2,1H3,(H,15,16). The van der Waals surface area contributed by atoms with Crippen LogP contribution in [0.4, 0.5) is 0 Å². The zero-order chi connectivity index (χ0) is 12.7. The molecule has 0 fully saturated rings. The molecule has 1 aromatic rings. The number of aliphatic carboxylic acids is 1. The molecule has 0 amide bonds. The van der Waals surface area contributed by atoms with Crippen LogP contribution in [0.1, 0.15) is 12.5 Å². The first-order valence-electron chi connectivity index (χ1n) is 5.42. The minimum atomic E-state index is -0.868. The van der Waals surface area contributed by atoms with Crippen molar-refractivity contribution in [1.82, 2.24) is 5.32 Å². The molecule has 1 atom stereocenters. The van der Waals surface area contributed by atoms with Crippen LogP contribution in [0.2, 0.25) is 0 Å². The number of carbonyl (C=O) groups is 1. The van der Waals surface area contributed by atoms with Crippen molar-refractivity contribution in [1.29, 1.82) is 0 Å². The summed E-state index contributed by atoms with van der Waals surface area (Å²) < 4.78 is 5.21. The first-order chi connectivity index (χ1) is 8.13. The molecule has 1 rings (SSSR count). The van der Waals surface area contributed by atoms with E-state index in [1.54, 1.807) is 19.1 Å². The molecule has 0 saturated heterocycles. The zero-order valence-electron chi connectivity index (χ0n) is 9.72. The molecule has 0 heterocycles. The van der Waals surface area contributed by atoms with Gasteiger partial charge in [-0.2, -0.15) is 0 Å². The van der Waals surface area contributed by atoms with E-state index in [9.17, 15) is 4.79 Å². The molecule has 5 heteroatoms. The third-order valence-corrected chi connectivity index (χ3v) is 2.27. The molecule has 0 bridgehead atoms. The second kappa shape index (κ2) is 6.88. The van der Waals surface area contributed by atoms with Crippen molar-refractivity contribution in [3.05, 3.63) is 29.8 Å². The van der Waals surface area contributed by atoms with Crippen LogP contribution in [-0.4, -0.2) is 35.4 Å². The fraction of sp³-hybridized carbons (Fsp3) is 0.417. The van der Waals surface area contributed by atoms with Gasteiger partial charge in [-0.3, -0.25) is 4.79 Å². The topological polar surface area (TPSA) is 78.8 Å². The maximum Gasteiger partial charge on any atom is 0.320 e. The lowest BCUT2D eigenvalue weighted by atomic mass is 10.2. The number of carboxylic acid groups (broad SMARTS) is 1. The molecule has 0 aliphatic heterocycles. The summed E-state index contributed by atoms with van der Waals surface area (Å²) in [5, 5.41) is 20.2. The average Bonchev–Trinajstić information content (AvgIpc) is 2.34. The van der Waals surface area contributed by atoms with Gasteiger partial charge in [0.05, 0.1) is 6.61 Å². The number of ether oxygens (including phenoxy) is 1. The largest absolute Gasteiger partial charge is 0.491 e. The third-order valence-electron chi connectivity index (χ3n) is 2.27. The predicted octanol–water partition coefficient (Wildman–Crippen LogP) is 0.620. The molecule has 0 aliphatic carbocycles. The number of aliphatic hydroxyl groups excluding tert-OH is 1. The first kappa shape index (κ1) is 13.5. The van der Waals surface area contributed by atoms with Crippen LogP contribution in [0.3, 0.4) is 0 Å². The smallest absolute Gasteiger partial charge is 0.320 e. The van der Waals surface area contributed by atoms with Gasteiger partial charge in [0.15, 0.2) is 0 Å². The number of benzene rings is 1. The molecule has 0 aromatic heterocycles. The van der Waals surface area contributed by atoms with Gasteiger partial charge in [0.2, 0.25) is 0 Å². The van der Waals surface area contributed by atoms with Gasteiger partial charge >= 0.3 is 5.97 Å². The van der Waals surface area contributed by atoms with Crippen molar-refractivity contribution in [3.8, 4) is 5.75 Å². The van der Waals surface area contributed by atoms with Crippen molar-refractivity contribution in [2.75, 3.05) is 13.2 Å². The summed E-state index contributed by atoms with van der Waals surface area (Å²) in [6.45, 7) is 2.35. The van der Waals surface area contributed by atoms with Crippen LogP contribution < -0.4 is 10.1 Å². The van der Waals surface area contributed by atoms with Gasteiger partial charge < -0.3 is 20.3 Å². The van der Waals surface area contributed by atoms with E-state index in [-0.39, 0.29) is 13.2 Å². The number of aliphatic hydroxyl groups is 1. The molecular formula is C12H17NO4.